The van der Waals surface area contributed by atoms with Crippen LogP contribution in [0.25, 0.3) is 21.9 Å². The van der Waals surface area contributed by atoms with Crippen molar-refractivity contribution in [2.45, 2.75) is 38.7 Å². The molecule has 0 bridgehead atoms. The highest BCUT2D eigenvalue weighted by molar-refractivity contribution is 6.06. The third-order valence-electron chi connectivity index (χ3n) is 8.00. The number of para-hydroxylation sites is 2. The van der Waals surface area contributed by atoms with Gasteiger partial charge in [-0.05, 0) is 72.8 Å². The predicted octanol–water partition coefficient (Wildman–Crippen LogP) is 9.43. The molecule has 1 aliphatic heterocycles. The van der Waals surface area contributed by atoms with E-state index in [-0.39, 0.29) is 11.0 Å². The quantitative estimate of drug-likeness (QED) is 0.260. The van der Waals surface area contributed by atoms with Crippen LogP contribution in [0.3, 0.4) is 0 Å². The summed E-state index contributed by atoms with van der Waals surface area (Å²) in [5, 5.41) is 2.46. The van der Waals surface area contributed by atoms with Crippen molar-refractivity contribution < 1.29 is 4.74 Å². The van der Waals surface area contributed by atoms with Crippen LogP contribution in [0.1, 0.15) is 33.3 Å². The van der Waals surface area contributed by atoms with Crippen LogP contribution in [-0.2, 0) is 5.41 Å². The Bertz CT molecular complexity index is 1510. The SMILES string of the molecule is CC1(C)Oc2ccc(-c3ccc(N(c4ccccc4)c4ccccc4)c4ccccc34)cc2C1(C)C. The Kier molecular flexibility index (Phi) is 5.15. The Hall–Kier alpha value is -4.04. The zero-order chi connectivity index (χ0) is 24.9. The summed E-state index contributed by atoms with van der Waals surface area (Å²) in [5.74, 6) is 0.994. The van der Waals surface area contributed by atoms with Crippen LogP contribution >= 0.6 is 0 Å². The molecule has 0 saturated carbocycles. The molecule has 1 aliphatic rings. The molecular formula is C34H31NO. The summed E-state index contributed by atoms with van der Waals surface area (Å²) < 4.78 is 6.33. The van der Waals surface area contributed by atoms with Crippen LogP contribution in [0.15, 0.2) is 115 Å². The number of rotatable bonds is 4. The summed E-state index contributed by atoms with van der Waals surface area (Å²) in [7, 11) is 0. The molecule has 36 heavy (non-hydrogen) atoms. The number of anilines is 3. The maximum Gasteiger partial charge on any atom is 0.124 e. The first kappa shape index (κ1) is 22.4. The molecule has 0 fully saturated rings. The molecule has 178 valence electrons. The smallest absolute Gasteiger partial charge is 0.124 e. The van der Waals surface area contributed by atoms with Gasteiger partial charge in [-0.15, -0.1) is 0 Å². The molecule has 2 heteroatoms. The molecule has 0 N–H and O–H groups in total. The van der Waals surface area contributed by atoms with E-state index in [2.05, 4.69) is 148 Å². The molecule has 5 aromatic carbocycles. The molecule has 6 rings (SSSR count). The third-order valence-corrected chi connectivity index (χ3v) is 8.00. The van der Waals surface area contributed by atoms with E-state index in [1.165, 1.54) is 27.5 Å². The minimum atomic E-state index is -0.244. The average Bonchev–Trinajstić information content (AvgIpc) is 3.08. The van der Waals surface area contributed by atoms with Crippen LogP contribution in [0.2, 0.25) is 0 Å². The van der Waals surface area contributed by atoms with E-state index in [9.17, 15) is 0 Å². The predicted molar refractivity (Wildman–Crippen MR) is 152 cm³/mol. The van der Waals surface area contributed by atoms with Crippen molar-refractivity contribution >= 4 is 27.8 Å². The molecule has 0 amide bonds. The van der Waals surface area contributed by atoms with Gasteiger partial charge in [0.1, 0.15) is 11.4 Å². The van der Waals surface area contributed by atoms with E-state index in [0.29, 0.717) is 0 Å². The van der Waals surface area contributed by atoms with Crippen molar-refractivity contribution in [2.75, 3.05) is 4.90 Å². The first-order valence-electron chi connectivity index (χ1n) is 12.6. The molecule has 0 aromatic heterocycles. The maximum absolute atomic E-state index is 6.33. The van der Waals surface area contributed by atoms with Gasteiger partial charge in [0.2, 0.25) is 0 Å². The van der Waals surface area contributed by atoms with Crippen LogP contribution in [0.4, 0.5) is 17.1 Å². The lowest BCUT2D eigenvalue weighted by Crippen LogP contribution is -2.41. The number of ether oxygens (including phenoxy) is 1. The highest BCUT2D eigenvalue weighted by Crippen LogP contribution is 2.50. The van der Waals surface area contributed by atoms with Gasteiger partial charge in [0.15, 0.2) is 0 Å². The number of hydrogen-bond acceptors (Lipinski definition) is 2. The van der Waals surface area contributed by atoms with Gasteiger partial charge in [-0.3, -0.25) is 0 Å². The van der Waals surface area contributed by atoms with Gasteiger partial charge in [0.25, 0.3) is 0 Å². The van der Waals surface area contributed by atoms with Crippen LogP contribution in [0, 0.1) is 0 Å². The van der Waals surface area contributed by atoms with Crippen molar-refractivity contribution in [3.05, 3.63) is 121 Å². The first-order chi connectivity index (χ1) is 17.4. The van der Waals surface area contributed by atoms with Crippen LogP contribution < -0.4 is 9.64 Å². The molecule has 0 atom stereocenters. The molecule has 2 nitrogen and oxygen atoms in total. The Labute approximate surface area is 213 Å². The summed E-state index contributed by atoms with van der Waals surface area (Å²) in [6, 6.07) is 41.1. The molecular weight excluding hydrogens is 438 g/mol. The Morgan fingerprint density at radius 2 is 1.17 bits per heavy atom. The Morgan fingerprint density at radius 1 is 0.583 bits per heavy atom. The summed E-state index contributed by atoms with van der Waals surface area (Å²) in [4.78, 5) is 2.34. The van der Waals surface area contributed by atoms with E-state index in [4.69, 9.17) is 4.74 Å². The Balaban J connectivity index is 1.55. The van der Waals surface area contributed by atoms with E-state index in [0.717, 1.165) is 22.8 Å². The van der Waals surface area contributed by atoms with Gasteiger partial charge in [0, 0.05) is 27.7 Å². The van der Waals surface area contributed by atoms with Gasteiger partial charge in [-0.25, -0.2) is 0 Å². The van der Waals surface area contributed by atoms with Crippen LogP contribution in [-0.4, -0.2) is 5.60 Å². The van der Waals surface area contributed by atoms with Crippen molar-refractivity contribution in [2.24, 2.45) is 0 Å². The van der Waals surface area contributed by atoms with Crippen LogP contribution in [0.5, 0.6) is 5.75 Å². The number of hydrogen-bond donors (Lipinski definition) is 0. The minimum Gasteiger partial charge on any atom is -0.487 e. The highest BCUT2D eigenvalue weighted by Gasteiger charge is 2.47. The zero-order valence-corrected chi connectivity index (χ0v) is 21.3. The number of nitrogens with zero attached hydrogens (tertiary/aromatic N) is 1. The maximum atomic E-state index is 6.33. The number of benzene rings is 5. The molecule has 0 radical (unpaired) electrons. The van der Waals surface area contributed by atoms with Crippen molar-refractivity contribution in [3.63, 3.8) is 0 Å². The first-order valence-corrected chi connectivity index (χ1v) is 12.6. The number of fused-ring (bicyclic) bond motifs is 2. The lowest BCUT2D eigenvalue weighted by molar-refractivity contribution is 0.0712. The second kappa shape index (κ2) is 8.27. The van der Waals surface area contributed by atoms with Crippen molar-refractivity contribution in [1.29, 1.82) is 0 Å². The molecule has 5 aromatic rings. The fourth-order valence-corrected chi connectivity index (χ4v) is 5.31. The van der Waals surface area contributed by atoms with E-state index >= 15 is 0 Å². The standard InChI is InChI=1S/C34H31NO/c1-33(2)30-23-24(19-22-32(30)36-34(33,3)4)27-20-21-31(29-18-12-11-17-28(27)29)35(25-13-7-5-8-14-25)26-15-9-6-10-16-26/h5-23H,1-4H3. The molecule has 0 unspecified atom stereocenters. The summed E-state index contributed by atoms with van der Waals surface area (Å²) in [5.41, 5.74) is 6.85. The second-order valence-corrected chi connectivity index (χ2v) is 10.6. The van der Waals surface area contributed by atoms with Gasteiger partial charge >= 0.3 is 0 Å². The lowest BCUT2D eigenvalue weighted by atomic mass is 9.73. The molecule has 1 heterocycles. The van der Waals surface area contributed by atoms with Crippen molar-refractivity contribution in [3.8, 4) is 16.9 Å². The fraction of sp³-hybridized carbons (Fsp3) is 0.176. The van der Waals surface area contributed by atoms with Gasteiger partial charge < -0.3 is 9.64 Å². The average molecular weight is 470 g/mol. The largest absolute Gasteiger partial charge is 0.487 e. The van der Waals surface area contributed by atoms with E-state index < -0.39 is 0 Å². The summed E-state index contributed by atoms with van der Waals surface area (Å²) >= 11 is 0. The summed E-state index contributed by atoms with van der Waals surface area (Å²) in [6.07, 6.45) is 0. The minimum absolute atomic E-state index is 0.0779. The topological polar surface area (TPSA) is 12.5 Å². The highest BCUT2D eigenvalue weighted by atomic mass is 16.5. The zero-order valence-electron chi connectivity index (χ0n) is 21.3. The van der Waals surface area contributed by atoms with Gasteiger partial charge in [0.05, 0.1) is 5.69 Å². The molecule has 0 aliphatic carbocycles. The van der Waals surface area contributed by atoms with Crippen molar-refractivity contribution in [1.82, 2.24) is 0 Å². The second-order valence-electron chi connectivity index (χ2n) is 10.6. The van der Waals surface area contributed by atoms with Gasteiger partial charge in [-0.1, -0.05) is 86.6 Å². The lowest BCUT2D eigenvalue weighted by Gasteiger charge is -2.33. The normalized spacial score (nSPS) is 15.3. The Morgan fingerprint density at radius 3 is 1.81 bits per heavy atom. The third kappa shape index (κ3) is 3.48. The van der Waals surface area contributed by atoms with E-state index in [1.54, 1.807) is 0 Å². The monoisotopic (exact) mass is 469 g/mol. The fourth-order valence-electron chi connectivity index (χ4n) is 5.31. The summed E-state index contributed by atoms with van der Waals surface area (Å²) in [6.45, 7) is 8.92. The van der Waals surface area contributed by atoms with Gasteiger partial charge in [-0.2, -0.15) is 0 Å². The van der Waals surface area contributed by atoms with E-state index in [1.807, 2.05) is 0 Å². The molecule has 0 saturated heterocycles. The molecule has 0 spiro atoms.